The highest BCUT2D eigenvalue weighted by Crippen LogP contribution is 2.26. The van der Waals surface area contributed by atoms with Gasteiger partial charge in [-0.25, -0.2) is 0 Å². The van der Waals surface area contributed by atoms with Crippen LogP contribution in [0, 0.1) is 20.8 Å². The van der Waals surface area contributed by atoms with E-state index in [-0.39, 0.29) is 0 Å². The van der Waals surface area contributed by atoms with E-state index in [2.05, 4.69) is 48.4 Å². The van der Waals surface area contributed by atoms with Crippen molar-refractivity contribution in [2.24, 2.45) is 5.73 Å². The van der Waals surface area contributed by atoms with Gasteiger partial charge in [0.2, 0.25) is 5.91 Å². The second-order valence-corrected chi connectivity index (χ2v) is 6.28. The van der Waals surface area contributed by atoms with Gasteiger partial charge in [-0.15, -0.1) is 0 Å². The van der Waals surface area contributed by atoms with Gasteiger partial charge in [0.25, 0.3) is 0 Å². The number of anilines is 2. The van der Waals surface area contributed by atoms with E-state index in [0.29, 0.717) is 5.56 Å². The maximum Gasteiger partial charge on any atom is 0.248 e. The van der Waals surface area contributed by atoms with Gasteiger partial charge in [-0.2, -0.15) is 0 Å². The minimum atomic E-state index is -0.437. The van der Waals surface area contributed by atoms with Crippen molar-refractivity contribution < 1.29 is 4.79 Å². The average molecular weight is 331 g/mol. The normalized spacial score (nSPS) is 10.5. The monoisotopic (exact) mass is 331 g/mol. The second kappa shape index (κ2) is 6.77. The number of carbonyl (C=O) groups is 1. The molecule has 1 heterocycles. The van der Waals surface area contributed by atoms with Crippen LogP contribution in [0.2, 0.25) is 0 Å². The molecule has 0 unspecified atom stereocenters. The summed E-state index contributed by atoms with van der Waals surface area (Å²) < 4.78 is 0. The van der Waals surface area contributed by atoms with Gasteiger partial charge in [-0.1, -0.05) is 29.8 Å². The summed E-state index contributed by atoms with van der Waals surface area (Å²) in [4.78, 5) is 16.0. The first kappa shape index (κ1) is 16.7. The maximum absolute atomic E-state index is 11.4. The largest absolute Gasteiger partial charge is 0.366 e. The van der Waals surface area contributed by atoms with Crippen LogP contribution in [0.1, 0.15) is 27.0 Å². The van der Waals surface area contributed by atoms with Crippen molar-refractivity contribution in [3.63, 3.8) is 0 Å². The molecule has 0 atom stereocenters. The van der Waals surface area contributed by atoms with Crippen molar-refractivity contribution in [3.05, 3.63) is 77.0 Å². The lowest BCUT2D eigenvalue weighted by Gasteiger charge is -2.12. The Morgan fingerprint density at radius 1 is 1.00 bits per heavy atom. The Bertz CT molecular complexity index is 948. The summed E-state index contributed by atoms with van der Waals surface area (Å²) in [5, 5.41) is 3.41. The molecule has 3 rings (SSSR count). The van der Waals surface area contributed by atoms with Crippen LogP contribution in [0.5, 0.6) is 0 Å². The number of aryl methyl sites for hydroxylation is 3. The van der Waals surface area contributed by atoms with E-state index in [9.17, 15) is 4.79 Å². The number of carbonyl (C=O) groups excluding carboxylic acids is 1. The van der Waals surface area contributed by atoms with Gasteiger partial charge in [-0.3, -0.25) is 9.78 Å². The van der Waals surface area contributed by atoms with Gasteiger partial charge >= 0.3 is 0 Å². The van der Waals surface area contributed by atoms with E-state index in [4.69, 9.17) is 5.73 Å². The van der Waals surface area contributed by atoms with Crippen molar-refractivity contribution in [2.75, 3.05) is 5.32 Å². The van der Waals surface area contributed by atoms with Crippen molar-refractivity contribution in [3.8, 4) is 11.3 Å². The minimum Gasteiger partial charge on any atom is -0.366 e. The molecule has 2 aromatic carbocycles. The molecular weight excluding hydrogens is 310 g/mol. The smallest absolute Gasteiger partial charge is 0.248 e. The van der Waals surface area contributed by atoms with E-state index in [1.807, 2.05) is 19.1 Å². The number of nitrogens with two attached hydrogens (primary N) is 1. The van der Waals surface area contributed by atoms with Crippen LogP contribution in [0.15, 0.2) is 54.7 Å². The van der Waals surface area contributed by atoms with Crippen LogP contribution < -0.4 is 11.1 Å². The number of pyridine rings is 1. The topological polar surface area (TPSA) is 68.0 Å². The van der Waals surface area contributed by atoms with Crippen LogP contribution in [-0.4, -0.2) is 10.9 Å². The van der Waals surface area contributed by atoms with Crippen molar-refractivity contribution >= 4 is 17.3 Å². The fraction of sp³-hybridized carbons (Fsp3) is 0.143. The Balaban J connectivity index is 1.91. The summed E-state index contributed by atoms with van der Waals surface area (Å²) in [6, 6.07) is 15.6. The molecule has 0 aliphatic rings. The fourth-order valence-electron chi connectivity index (χ4n) is 2.87. The van der Waals surface area contributed by atoms with Crippen LogP contribution in [0.4, 0.5) is 11.4 Å². The summed E-state index contributed by atoms with van der Waals surface area (Å²) in [6.07, 6.45) is 1.80. The van der Waals surface area contributed by atoms with Gasteiger partial charge in [-0.05, 0) is 56.2 Å². The highest BCUT2D eigenvalue weighted by molar-refractivity contribution is 5.94. The van der Waals surface area contributed by atoms with Crippen molar-refractivity contribution in [1.29, 1.82) is 0 Å². The van der Waals surface area contributed by atoms with E-state index < -0.39 is 5.91 Å². The zero-order valence-corrected chi connectivity index (χ0v) is 14.6. The summed E-state index contributed by atoms with van der Waals surface area (Å²) in [6.45, 7) is 6.17. The summed E-state index contributed by atoms with van der Waals surface area (Å²) in [7, 11) is 0. The molecule has 0 saturated heterocycles. The fourth-order valence-corrected chi connectivity index (χ4v) is 2.87. The van der Waals surface area contributed by atoms with Crippen LogP contribution >= 0.6 is 0 Å². The molecule has 0 aliphatic heterocycles. The van der Waals surface area contributed by atoms with Gasteiger partial charge in [0.1, 0.15) is 0 Å². The standard InChI is InChI=1S/C21H21N3O/c1-13-7-8-19(14(2)9-13)24-18-10-15(3)20(23-12-18)16-5-4-6-17(11-16)21(22)25/h4-12,24H,1-3H3,(H2,22,25). The maximum atomic E-state index is 11.4. The van der Waals surface area contributed by atoms with Gasteiger partial charge in [0, 0.05) is 16.8 Å². The molecule has 1 amide bonds. The molecule has 0 spiro atoms. The number of hydrogen-bond donors (Lipinski definition) is 2. The molecule has 4 heteroatoms. The van der Waals surface area contributed by atoms with Crippen LogP contribution in [-0.2, 0) is 0 Å². The Kier molecular flexibility index (Phi) is 4.52. The highest BCUT2D eigenvalue weighted by Gasteiger charge is 2.08. The molecule has 3 aromatic rings. The number of primary amides is 1. The predicted molar refractivity (Wildman–Crippen MR) is 102 cm³/mol. The van der Waals surface area contributed by atoms with Crippen LogP contribution in [0.3, 0.4) is 0 Å². The molecule has 4 nitrogen and oxygen atoms in total. The molecule has 0 aliphatic carbocycles. The van der Waals surface area contributed by atoms with Gasteiger partial charge < -0.3 is 11.1 Å². The molecule has 0 bridgehead atoms. The number of nitrogens with zero attached hydrogens (tertiary/aromatic N) is 1. The van der Waals surface area contributed by atoms with Crippen molar-refractivity contribution in [2.45, 2.75) is 20.8 Å². The van der Waals surface area contributed by atoms with Crippen LogP contribution in [0.25, 0.3) is 11.3 Å². The number of benzene rings is 2. The minimum absolute atomic E-state index is 0.437. The molecule has 25 heavy (non-hydrogen) atoms. The zero-order chi connectivity index (χ0) is 18.0. The predicted octanol–water partition coefficient (Wildman–Crippen LogP) is 4.52. The first-order valence-corrected chi connectivity index (χ1v) is 8.15. The Morgan fingerprint density at radius 2 is 1.80 bits per heavy atom. The molecule has 3 N–H and O–H groups in total. The average Bonchev–Trinajstić information content (AvgIpc) is 2.57. The molecule has 0 radical (unpaired) electrons. The first-order valence-electron chi connectivity index (χ1n) is 8.15. The number of amides is 1. The Hall–Kier alpha value is -3.14. The molecular formula is C21H21N3O. The molecule has 0 saturated carbocycles. The number of nitrogens with one attached hydrogen (secondary N) is 1. The van der Waals surface area contributed by atoms with Crippen molar-refractivity contribution in [1.82, 2.24) is 4.98 Å². The third-order valence-corrected chi connectivity index (χ3v) is 4.16. The van der Waals surface area contributed by atoms with Gasteiger partial charge in [0.05, 0.1) is 17.6 Å². The number of rotatable bonds is 4. The summed E-state index contributed by atoms with van der Waals surface area (Å²) in [5.41, 5.74) is 13.0. The quantitative estimate of drug-likeness (QED) is 0.739. The lowest BCUT2D eigenvalue weighted by atomic mass is 10.0. The lowest BCUT2D eigenvalue weighted by Crippen LogP contribution is -2.10. The number of aromatic nitrogens is 1. The summed E-state index contributed by atoms with van der Waals surface area (Å²) >= 11 is 0. The Labute approximate surface area is 147 Å². The van der Waals surface area contributed by atoms with E-state index in [0.717, 1.165) is 28.2 Å². The summed E-state index contributed by atoms with van der Waals surface area (Å²) in [5.74, 6) is -0.437. The number of hydrogen-bond acceptors (Lipinski definition) is 3. The lowest BCUT2D eigenvalue weighted by molar-refractivity contribution is 0.100. The third-order valence-electron chi connectivity index (χ3n) is 4.16. The molecule has 126 valence electrons. The van der Waals surface area contributed by atoms with E-state index >= 15 is 0 Å². The zero-order valence-electron chi connectivity index (χ0n) is 14.6. The highest BCUT2D eigenvalue weighted by atomic mass is 16.1. The van der Waals surface area contributed by atoms with E-state index in [1.165, 1.54) is 11.1 Å². The SMILES string of the molecule is Cc1ccc(Nc2cnc(-c3cccc(C(N)=O)c3)c(C)c2)c(C)c1. The molecule has 1 aromatic heterocycles. The van der Waals surface area contributed by atoms with Gasteiger partial charge in [0.15, 0.2) is 0 Å². The molecule has 0 fully saturated rings. The first-order chi connectivity index (χ1) is 11.9. The third kappa shape index (κ3) is 3.69. The Morgan fingerprint density at radius 3 is 2.48 bits per heavy atom. The second-order valence-electron chi connectivity index (χ2n) is 6.28. The van der Waals surface area contributed by atoms with E-state index in [1.54, 1.807) is 18.3 Å².